The molecule has 0 heterocycles. The van der Waals surface area contributed by atoms with E-state index in [1.54, 1.807) is 12.1 Å². The number of ether oxygens (including phenoxy) is 3. The maximum atomic E-state index is 12.3. The van der Waals surface area contributed by atoms with Gasteiger partial charge in [0, 0.05) is 5.56 Å². The number of aliphatic hydroxyl groups is 1. The molecule has 0 saturated carbocycles. The van der Waals surface area contributed by atoms with Crippen molar-refractivity contribution < 1.29 is 24.1 Å². The molecule has 2 N–H and O–H groups in total. The Hall–Kier alpha value is -1.95. The monoisotopic (exact) mass is 297 g/mol. The molecule has 0 aliphatic heterocycles. The van der Waals surface area contributed by atoms with Crippen molar-refractivity contribution in [3.05, 3.63) is 17.7 Å². The van der Waals surface area contributed by atoms with Gasteiger partial charge in [-0.2, -0.15) is 0 Å². The first-order chi connectivity index (χ1) is 9.98. The number of carbonyl (C=O) groups excluding carboxylic acids is 1. The van der Waals surface area contributed by atoms with Crippen molar-refractivity contribution in [1.82, 2.24) is 5.32 Å². The molecule has 118 valence electrons. The first-order valence-electron chi connectivity index (χ1n) is 6.70. The summed E-state index contributed by atoms with van der Waals surface area (Å²) >= 11 is 0. The van der Waals surface area contributed by atoms with Crippen LogP contribution in [0.2, 0.25) is 0 Å². The van der Waals surface area contributed by atoms with Crippen molar-refractivity contribution in [3.8, 4) is 17.2 Å². The van der Waals surface area contributed by atoms with E-state index in [9.17, 15) is 9.90 Å². The van der Waals surface area contributed by atoms with Crippen LogP contribution in [0.25, 0.3) is 0 Å². The minimum Gasteiger partial charge on any atom is -0.493 e. The van der Waals surface area contributed by atoms with Gasteiger partial charge in [0.25, 0.3) is 5.91 Å². The average Bonchev–Trinajstić information content (AvgIpc) is 2.50. The molecule has 0 fully saturated rings. The molecule has 0 aromatic heterocycles. The summed E-state index contributed by atoms with van der Waals surface area (Å²) in [6.07, 6.45) is 0. The summed E-state index contributed by atoms with van der Waals surface area (Å²) in [5.41, 5.74) is 0.378. The van der Waals surface area contributed by atoms with E-state index in [4.69, 9.17) is 14.2 Å². The molecule has 0 saturated heterocycles. The molecule has 0 bridgehead atoms. The van der Waals surface area contributed by atoms with Gasteiger partial charge in [-0.05, 0) is 18.1 Å². The smallest absolute Gasteiger partial charge is 0.251 e. The molecule has 1 aromatic rings. The summed E-state index contributed by atoms with van der Waals surface area (Å²) in [4.78, 5) is 12.3. The van der Waals surface area contributed by atoms with Gasteiger partial charge in [-0.15, -0.1) is 0 Å². The van der Waals surface area contributed by atoms with Gasteiger partial charge in [-0.25, -0.2) is 0 Å². The second-order valence-corrected chi connectivity index (χ2v) is 4.92. The molecule has 0 aliphatic carbocycles. The van der Waals surface area contributed by atoms with E-state index in [2.05, 4.69) is 5.32 Å². The average molecular weight is 297 g/mol. The van der Waals surface area contributed by atoms with E-state index in [-0.39, 0.29) is 24.5 Å². The zero-order valence-electron chi connectivity index (χ0n) is 13.1. The summed E-state index contributed by atoms with van der Waals surface area (Å²) in [6.45, 7) is 3.74. The van der Waals surface area contributed by atoms with Crippen LogP contribution >= 0.6 is 0 Å². The number of aliphatic hydroxyl groups excluding tert-OH is 1. The lowest BCUT2D eigenvalue weighted by Crippen LogP contribution is -2.41. The number of rotatable bonds is 7. The number of hydrogen-bond acceptors (Lipinski definition) is 5. The normalized spacial score (nSPS) is 12.0. The zero-order valence-corrected chi connectivity index (χ0v) is 13.1. The van der Waals surface area contributed by atoms with E-state index in [0.717, 1.165) is 0 Å². The van der Waals surface area contributed by atoms with Crippen molar-refractivity contribution in [1.29, 1.82) is 0 Å². The van der Waals surface area contributed by atoms with Crippen molar-refractivity contribution in [2.24, 2.45) is 5.92 Å². The van der Waals surface area contributed by atoms with Crippen LogP contribution in [0.4, 0.5) is 0 Å². The van der Waals surface area contributed by atoms with E-state index < -0.39 is 0 Å². The molecule has 1 rings (SSSR count). The summed E-state index contributed by atoms with van der Waals surface area (Å²) in [5.74, 6) is 1.07. The maximum absolute atomic E-state index is 12.3. The second-order valence-electron chi connectivity index (χ2n) is 4.92. The Balaban J connectivity index is 3.10. The third kappa shape index (κ3) is 4.01. The lowest BCUT2D eigenvalue weighted by Gasteiger charge is -2.20. The molecule has 0 spiro atoms. The highest BCUT2D eigenvalue weighted by Gasteiger charge is 2.20. The van der Waals surface area contributed by atoms with Crippen LogP contribution in [0.1, 0.15) is 24.2 Å². The Bertz CT molecular complexity index is 462. The maximum Gasteiger partial charge on any atom is 0.251 e. The molecule has 1 unspecified atom stereocenters. The third-order valence-electron chi connectivity index (χ3n) is 3.24. The zero-order chi connectivity index (χ0) is 16.0. The highest BCUT2D eigenvalue weighted by Crippen LogP contribution is 2.38. The molecule has 0 aliphatic rings. The van der Waals surface area contributed by atoms with Crippen LogP contribution in [-0.2, 0) is 0 Å². The molecule has 1 aromatic carbocycles. The topological polar surface area (TPSA) is 77.0 Å². The predicted octanol–water partition coefficient (Wildman–Crippen LogP) is 1.46. The molecule has 6 heteroatoms. The van der Waals surface area contributed by atoms with Gasteiger partial charge in [0.05, 0.1) is 34.0 Å². The second kappa shape index (κ2) is 7.73. The minimum atomic E-state index is -0.309. The lowest BCUT2D eigenvalue weighted by molar-refractivity contribution is 0.0896. The van der Waals surface area contributed by atoms with Crippen molar-refractivity contribution in [2.75, 3.05) is 27.9 Å². The largest absolute Gasteiger partial charge is 0.493 e. The van der Waals surface area contributed by atoms with Gasteiger partial charge in [-0.1, -0.05) is 13.8 Å². The number of benzene rings is 1. The van der Waals surface area contributed by atoms with E-state index in [1.807, 2.05) is 13.8 Å². The molecule has 1 amide bonds. The van der Waals surface area contributed by atoms with Gasteiger partial charge >= 0.3 is 0 Å². The Labute approximate surface area is 125 Å². The fourth-order valence-corrected chi connectivity index (χ4v) is 1.89. The number of amides is 1. The van der Waals surface area contributed by atoms with Crippen molar-refractivity contribution >= 4 is 5.91 Å². The summed E-state index contributed by atoms with van der Waals surface area (Å²) in [5, 5.41) is 12.1. The highest BCUT2D eigenvalue weighted by molar-refractivity contribution is 5.95. The number of methoxy groups -OCH3 is 3. The van der Waals surface area contributed by atoms with Crippen LogP contribution in [0, 0.1) is 5.92 Å². The molecule has 1 atom stereocenters. The van der Waals surface area contributed by atoms with E-state index in [0.29, 0.717) is 22.8 Å². The summed E-state index contributed by atoms with van der Waals surface area (Å²) in [7, 11) is 4.48. The van der Waals surface area contributed by atoms with Gasteiger partial charge < -0.3 is 24.6 Å². The molecule has 0 radical (unpaired) electrons. The van der Waals surface area contributed by atoms with Gasteiger partial charge in [0.1, 0.15) is 0 Å². The van der Waals surface area contributed by atoms with E-state index in [1.165, 1.54) is 21.3 Å². The van der Waals surface area contributed by atoms with Crippen LogP contribution in [0.3, 0.4) is 0 Å². The Morgan fingerprint density at radius 1 is 1.14 bits per heavy atom. The molecular formula is C15H23NO5. The van der Waals surface area contributed by atoms with Gasteiger partial charge in [0.15, 0.2) is 11.5 Å². The van der Waals surface area contributed by atoms with Crippen LogP contribution in [-0.4, -0.2) is 45.0 Å². The third-order valence-corrected chi connectivity index (χ3v) is 3.24. The van der Waals surface area contributed by atoms with Crippen molar-refractivity contribution in [2.45, 2.75) is 19.9 Å². The SMILES string of the molecule is COc1cc(C(=O)NC(CO)C(C)C)cc(OC)c1OC. The van der Waals surface area contributed by atoms with Crippen LogP contribution < -0.4 is 19.5 Å². The quantitative estimate of drug-likeness (QED) is 0.797. The van der Waals surface area contributed by atoms with Crippen LogP contribution in [0.5, 0.6) is 17.2 Å². The Kier molecular flexibility index (Phi) is 6.30. The summed E-state index contributed by atoms with van der Waals surface area (Å²) in [6, 6.07) is 2.84. The van der Waals surface area contributed by atoms with Gasteiger partial charge in [-0.3, -0.25) is 4.79 Å². The Morgan fingerprint density at radius 3 is 2.00 bits per heavy atom. The van der Waals surface area contributed by atoms with Gasteiger partial charge in [0.2, 0.25) is 5.75 Å². The minimum absolute atomic E-state index is 0.117. The first-order valence-corrected chi connectivity index (χ1v) is 6.70. The number of carbonyl (C=O) groups is 1. The predicted molar refractivity (Wildman–Crippen MR) is 79.3 cm³/mol. The number of nitrogens with one attached hydrogen (secondary N) is 1. The first kappa shape index (κ1) is 17.1. The fraction of sp³-hybridized carbons (Fsp3) is 0.533. The fourth-order valence-electron chi connectivity index (χ4n) is 1.89. The van der Waals surface area contributed by atoms with Crippen LogP contribution in [0.15, 0.2) is 12.1 Å². The molecule has 6 nitrogen and oxygen atoms in total. The van der Waals surface area contributed by atoms with E-state index >= 15 is 0 Å². The lowest BCUT2D eigenvalue weighted by atomic mass is 10.0. The molecular weight excluding hydrogens is 274 g/mol. The standard InChI is InChI=1S/C15H23NO5/c1-9(2)11(8-17)16-15(18)10-6-12(19-3)14(21-5)13(7-10)20-4/h6-7,9,11,17H,8H2,1-5H3,(H,16,18). The summed E-state index contributed by atoms with van der Waals surface area (Å²) < 4.78 is 15.6. The molecule has 21 heavy (non-hydrogen) atoms. The number of hydrogen-bond donors (Lipinski definition) is 2. The highest BCUT2D eigenvalue weighted by atomic mass is 16.5. The Morgan fingerprint density at radius 2 is 1.67 bits per heavy atom. The van der Waals surface area contributed by atoms with Crippen molar-refractivity contribution in [3.63, 3.8) is 0 Å².